The zero-order chi connectivity index (χ0) is 12.4. The molecule has 19 heavy (non-hydrogen) atoms. The number of hydrogen-bond acceptors (Lipinski definition) is 3. The van der Waals surface area contributed by atoms with Crippen LogP contribution in [0, 0.1) is 5.41 Å². The van der Waals surface area contributed by atoms with Crippen molar-refractivity contribution in [3.63, 3.8) is 0 Å². The molecule has 0 aromatic heterocycles. The Balaban J connectivity index is 0.00000133. The van der Waals surface area contributed by atoms with E-state index in [1.54, 1.807) is 4.90 Å². The van der Waals surface area contributed by atoms with Gasteiger partial charge in [0.25, 0.3) is 0 Å². The van der Waals surface area contributed by atoms with Gasteiger partial charge in [-0.1, -0.05) is 30.3 Å². The van der Waals surface area contributed by atoms with Crippen molar-refractivity contribution in [2.24, 2.45) is 5.41 Å². The van der Waals surface area contributed by atoms with Gasteiger partial charge in [0.1, 0.15) is 6.61 Å². The fourth-order valence-corrected chi connectivity index (χ4v) is 2.77. The molecule has 2 heterocycles. The molecule has 2 aliphatic rings. The summed E-state index contributed by atoms with van der Waals surface area (Å²) < 4.78 is 5.30. The average molecular weight is 283 g/mol. The number of nitrogens with one attached hydrogen (secondary N) is 1. The number of nitrogens with zero attached hydrogens (tertiary/aromatic N) is 1. The lowest BCUT2D eigenvalue weighted by Gasteiger charge is -2.46. The van der Waals surface area contributed by atoms with Crippen LogP contribution in [0.1, 0.15) is 12.0 Å². The van der Waals surface area contributed by atoms with Gasteiger partial charge in [0, 0.05) is 25.0 Å². The fourth-order valence-electron chi connectivity index (χ4n) is 2.77. The Morgan fingerprint density at radius 2 is 2.05 bits per heavy atom. The lowest BCUT2D eigenvalue weighted by atomic mass is 9.79. The lowest BCUT2D eigenvalue weighted by molar-refractivity contribution is 0.00512. The van der Waals surface area contributed by atoms with E-state index in [1.165, 1.54) is 6.42 Å². The number of amides is 1. The smallest absolute Gasteiger partial charge is 0.410 e. The molecule has 2 aliphatic heterocycles. The maximum absolute atomic E-state index is 11.8. The van der Waals surface area contributed by atoms with Crippen molar-refractivity contribution >= 4 is 18.5 Å². The number of halogens is 1. The Labute approximate surface area is 119 Å². The summed E-state index contributed by atoms with van der Waals surface area (Å²) in [6.07, 6.45) is 0.992. The molecule has 2 saturated heterocycles. The Morgan fingerprint density at radius 3 is 2.68 bits per heavy atom. The van der Waals surface area contributed by atoms with Crippen LogP contribution < -0.4 is 5.32 Å². The standard InChI is InChI=1S/C14H18N2O2.ClH/c17-13(18-8-12-4-2-1-3-5-12)16-10-14(11-16)6-7-15-9-14;/h1-5,15H,6-11H2;1H. The van der Waals surface area contributed by atoms with E-state index in [1.807, 2.05) is 30.3 Å². The molecule has 0 unspecified atom stereocenters. The van der Waals surface area contributed by atoms with Gasteiger partial charge in [-0.3, -0.25) is 0 Å². The molecule has 0 saturated carbocycles. The summed E-state index contributed by atoms with van der Waals surface area (Å²) in [5.41, 5.74) is 1.37. The second kappa shape index (κ2) is 5.80. The van der Waals surface area contributed by atoms with Crippen molar-refractivity contribution in [1.29, 1.82) is 0 Å². The topological polar surface area (TPSA) is 41.6 Å². The number of carbonyl (C=O) groups excluding carboxylic acids is 1. The predicted octanol–water partition coefficient (Wildman–Crippen LogP) is 2.04. The normalized spacial score (nSPS) is 19.7. The first-order valence-corrected chi connectivity index (χ1v) is 6.44. The largest absolute Gasteiger partial charge is 0.445 e. The van der Waals surface area contributed by atoms with Gasteiger partial charge in [-0.15, -0.1) is 12.4 Å². The van der Waals surface area contributed by atoms with Gasteiger partial charge in [0.05, 0.1) is 0 Å². The first kappa shape index (κ1) is 14.2. The van der Waals surface area contributed by atoms with E-state index in [2.05, 4.69) is 5.32 Å². The second-order valence-electron chi connectivity index (χ2n) is 5.32. The molecule has 0 aliphatic carbocycles. The maximum Gasteiger partial charge on any atom is 0.410 e. The van der Waals surface area contributed by atoms with Gasteiger partial charge in [0.2, 0.25) is 0 Å². The average Bonchev–Trinajstić information content (AvgIpc) is 2.85. The minimum absolute atomic E-state index is 0. The third-order valence-electron chi connectivity index (χ3n) is 3.85. The van der Waals surface area contributed by atoms with Crippen LogP contribution in [0.2, 0.25) is 0 Å². The molecule has 0 bridgehead atoms. The first-order valence-electron chi connectivity index (χ1n) is 6.44. The molecule has 5 heteroatoms. The van der Waals surface area contributed by atoms with Gasteiger partial charge in [-0.05, 0) is 18.5 Å². The third kappa shape index (κ3) is 3.01. The summed E-state index contributed by atoms with van der Waals surface area (Å²) in [7, 11) is 0. The SMILES string of the molecule is Cl.O=C(OCc1ccccc1)N1CC2(CCNC2)C1. The number of carbonyl (C=O) groups is 1. The van der Waals surface area contributed by atoms with Crippen LogP contribution in [0.25, 0.3) is 0 Å². The predicted molar refractivity (Wildman–Crippen MR) is 75.4 cm³/mol. The van der Waals surface area contributed by atoms with Crippen LogP contribution in [0.4, 0.5) is 4.79 Å². The molecular weight excluding hydrogens is 264 g/mol. The van der Waals surface area contributed by atoms with E-state index in [9.17, 15) is 4.79 Å². The first-order chi connectivity index (χ1) is 8.77. The molecule has 1 N–H and O–H groups in total. The van der Waals surface area contributed by atoms with E-state index in [0.29, 0.717) is 12.0 Å². The number of rotatable bonds is 2. The minimum Gasteiger partial charge on any atom is -0.445 e. The molecule has 2 fully saturated rings. The molecule has 0 radical (unpaired) electrons. The van der Waals surface area contributed by atoms with Crippen LogP contribution >= 0.6 is 12.4 Å². The summed E-state index contributed by atoms with van der Waals surface area (Å²) in [4.78, 5) is 13.6. The van der Waals surface area contributed by atoms with E-state index < -0.39 is 0 Å². The Bertz CT molecular complexity index is 424. The van der Waals surface area contributed by atoms with Crippen molar-refractivity contribution < 1.29 is 9.53 Å². The van der Waals surface area contributed by atoms with Gasteiger partial charge in [0.15, 0.2) is 0 Å². The quantitative estimate of drug-likeness (QED) is 0.903. The van der Waals surface area contributed by atoms with Crippen molar-refractivity contribution in [3.8, 4) is 0 Å². The minimum atomic E-state index is -0.184. The number of likely N-dealkylation sites (tertiary alicyclic amines) is 1. The van der Waals surface area contributed by atoms with Crippen LogP contribution in [0.5, 0.6) is 0 Å². The molecular formula is C14H19ClN2O2. The second-order valence-corrected chi connectivity index (χ2v) is 5.32. The molecule has 0 atom stereocenters. The zero-order valence-electron chi connectivity index (χ0n) is 10.8. The van der Waals surface area contributed by atoms with Crippen LogP contribution in [0.15, 0.2) is 30.3 Å². The molecule has 104 valence electrons. The van der Waals surface area contributed by atoms with Crippen molar-refractivity contribution in [3.05, 3.63) is 35.9 Å². The van der Waals surface area contributed by atoms with E-state index in [-0.39, 0.29) is 18.5 Å². The summed E-state index contributed by atoms with van der Waals surface area (Å²) in [6.45, 7) is 4.16. The van der Waals surface area contributed by atoms with Crippen molar-refractivity contribution in [2.75, 3.05) is 26.2 Å². The van der Waals surface area contributed by atoms with Gasteiger partial charge in [-0.25, -0.2) is 4.79 Å². The van der Waals surface area contributed by atoms with E-state index in [4.69, 9.17) is 4.74 Å². The highest BCUT2D eigenvalue weighted by molar-refractivity contribution is 5.85. The highest BCUT2D eigenvalue weighted by Gasteiger charge is 2.47. The molecule has 1 aromatic carbocycles. The Morgan fingerprint density at radius 1 is 1.32 bits per heavy atom. The number of benzene rings is 1. The third-order valence-corrected chi connectivity index (χ3v) is 3.85. The molecule has 1 aromatic rings. The van der Waals surface area contributed by atoms with Crippen LogP contribution in [0.3, 0.4) is 0 Å². The molecule has 3 rings (SSSR count). The number of ether oxygens (including phenoxy) is 1. The monoisotopic (exact) mass is 282 g/mol. The van der Waals surface area contributed by atoms with Gasteiger partial charge < -0.3 is 15.0 Å². The maximum atomic E-state index is 11.8. The van der Waals surface area contributed by atoms with Gasteiger partial charge >= 0.3 is 6.09 Å². The van der Waals surface area contributed by atoms with E-state index in [0.717, 1.165) is 31.7 Å². The van der Waals surface area contributed by atoms with Gasteiger partial charge in [-0.2, -0.15) is 0 Å². The van der Waals surface area contributed by atoms with Crippen molar-refractivity contribution in [1.82, 2.24) is 10.2 Å². The fraction of sp³-hybridized carbons (Fsp3) is 0.500. The zero-order valence-corrected chi connectivity index (χ0v) is 11.6. The molecule has 1 amide bonds. The summed E-state index contributed by atoms with van der Waals surface area (Å²) in [5, 5.41) is 3.35. The lowest BCUT2D eigenvalue weighted by Crippen LogP contribution is -2.59. The van der Waals surface area contributed by atoms with Crippen molar-refractivity contribution in [2.45, 2.75) is 13.0 Å². The molecule has 4 nitrogen and oxygen atoms in total. The summed E-state index contributed by atoms with van der Waals surface area (Å²) in [5.74, 6) is 0. The highest BCUT2D eigenvalue weighted by atomic mass is 35.5. The van der Waals surface area contributed by atoms with E-state index >= 15 is 0 Å². The number of hydrogen-bond donors (Lipinski definition) is 1. The Kier molecular flexibility index (Phi) is 4.32. The van der Waals surface area contributed by atoms with Crippen LogP contribution in [-0.4, -0.2) is 37.2 Å². The summed E-state index contributed by atoms with van der Waals surface area (Å²) >= 11 is 0. The summed E-state index contributed by atoms with van der Waals surface area (Å²) in [6, 6.07) is 9.78. The highest BCUT2D eigenvalue weighted by Crippen LogP contribution is 2.36. The molecule has 1 spiro atoms. The Hall–Kier alpha value is -1.26. The van der Waals surface area contributed by atoms with Crippen LogP contribution in [-0.2, 0) is 11.3 Å².